The Morgan fingerprint density at radius 3 is 1.58 bits per heavy atom. The Balaban J connectivity index is 0.000000222. The van der Waals surface area contributed by atoms with E-state index in [1.807, 2.05) is 85.2 Å². The molecule has 0 radical (unpaired) electrons. The van der Waals surface area contributed by atoms with Gasteiger partial charge < -0.3 is 9.84 Å². The first kappa shape index (κ1) is 36.9. The van der Waals surface area contributed by atoms with Crippen LogP contribution in [0.4, 0.5) is 0 Å². The lowest BCUT2D eigenvalue weighted by molar-refractivity contribution is 0.475. The first-order valence-electron chi connectivity index (χ1n) is 19.4. The van der Waals surface area contributed by atoms with Gasteiger partial charge in [-0.1, -0.05) is 131 Å². The SMILES string of the molecule is CC(C)c1cccc(C(C)C)c1-n1ccnc1-c1cccc(Oc2cccc(-c3nccc4ccccc34)c2)c1.Oc1cccc(-c2nccc3ccccc23)c1. The number of rotatable bonds is 8. The van der Waals surface area contributed by atoms with E-state index in [-0.39, 0.29) is 5.75 Å². The number of benzene rings is 6. The molecule has 0 saturated heterocycles. The third-order valence-electron chi connectivity index (χ3n) is 10.1. The number of phenols is 1. The number of fused-ring (bicyclic) bond motifs is 2. The van der Waals surface area contributed by atoms with E-state index in [1.165, 1.54) is 22.2 Å². The van der Waals surface area contributed by atoms with Crippen molar-refractivity contribution in [1.29, 1.82) is 0 Å². The number of ether oxygens (including phenoxy) is 1. The summed E-state index contributed by atoms with van der Waals surface area (Å²) in [6, 6.07) is 50.5. The number of imidazole rings is 1. The second-order valence-electron chi connectivity index (χ2n) is 14.7. The number of hydrogen-bond acceptors (Lipinski definition) is 5. The van der Waals surface area contributed by atoms with Gasteiger partial charge in [-0.15, -0.1) is 0 Å². The first-order valence-corrected chi connectivity index (χ1v) is 19.4. The average molecular weight is 745 g/mol. The third-order valence-corrected chi connectivity index (χ3v) is 10.1. The molecule has 9 aromatic rings. The Morgan fingerprint density at radius 2 is 1.00 bits per heavy atom. The quantitative estimate of drug-likeness (QED) is 0.168. The van der Waals surface area contributed by atoms with E-state index in [9.17, 15) is 5.11 Å². The summed E-state index contributed by atoms with van der Waals surface area (Å²) in [7, 11) is 0. The van der Waals surface area contributed by atoms with Gasteiger partial charge in [-0.25, -0.2) is 4.98 Å². The van der Waals surface area contributed by atoms with E-state index in [4.69, 9.17) is 9.72 Å². The lowest BCUT2D eigenvalue weighted by Crippen LogP contribution is -2.07. The molecule has 280 valence electrons. The Labute approximate surface area is 333 Å². The molecule has 6 heteroatoms. The highest BCUT2D eigenvalue weighted by Gasteiger charge is 2.19. The van der Waals surface area contributed by atoms with Crippen molar-refractivity contribution >= 4 is 21.5 Å². The number of para-hydroxylation sites is 1. The number of phenolic OH excluding ortho intramolecular Hbond substituents is 1. The molecule has 0 aliphatic heterocycles. The van der Waals surface area contributed by atoms with E-state index < -0.39 is 0 Å². The molecule has 6 aromatic carbocycles. The number of aromatic nitrogens is 4. The lowest BCUT2D eigenvalue weighted by Gasteiger charge is -2.22. The largest absolute Gasteiger partial charge is 0.508 e. The second kappa shape index (κ2) is 16.4. The van der Waals surface area contributed by atoms with Gasteiger partial charge in [0.25, 0.3) is 0 Å². The summed E-state index contributed by atoms with van der Waals surface area (Å²) in [5.41, 5.74) is 8.66. The number of pyridine rings is 2. The highest BCUT2D eigenvalue weighted by Crippen LogP contribution is 2.36. The van der Waals surface area contributed by atoms with E-state index in [0.29, 0.717) is 11.8 Å². The standard InChI is InChI=1S/C36H33N3O.C15H11NO/c1-24(2)31-16-9-17-32(25(3)4)35(31)39-21-20-38-36(39)28-12-8-14-30(23-28)40-29-13-7-11-27(22-29)34-33-15-6-5-10-26(33)18-19-37-34;17-13-6-3-5-12(10-13)15-14-7-2-1-4-11(14)8-9-16-15/h5-25H,1-4H3;1-10,17H. The molecule has 0 atom stereocenters. The van der Waals surface area contributed by atoms with Crippen molar-refractivity contribution < 1.29 is 9.84 Å². The van der Waals surface area contributed by atoms with Crippen LogP contribution >= 0.6 is 0 Å². The molecule has 57 heavy (non-hydrogen) atoms. The van der Waals surface area contributed by atoms with Crippen molar-refractivity contribution in [3.05, 3.63) is 188 Å². The Kier molecular flexibility index (Phi) is 10.6. The Bertz CT molecular complexity index is 2780. The van der Waals surface area contributed by atoms with Gasteiger partial charge in [-0.3, -0.25) is 14.5 Å². The normalized spacial score (nSPS) is 11.2. The average Bonchev–Trinajstić information content (AvgIpc) is 3.73. The molecule has 0 unspecified atom stereocenters. The molecule has 0 saturated carbocycles. The third kappa shape index (κ3) is 7.89. The summed E-state index contributed by atoms with van der Waals surface area (Å²) < 4.78 is 8.63. The molecule has 3 heterocycles. The highest BCUT2D eigenvalue weighted by atomic mass is 16.5. The van der Waals surface area contributed by atoms with E-state index in [2.05, 4.69) is 115 Å². The summed E-state index contributed by atoms with van der Waals surface area (Å²) in [4.78, 5) is 13.9. The molecular formula is C51H44N4O2. The molecular weight excluding hydrogens is 701 g/mol. The molecule has 9 rings (SSSR count). The minimum atomic E-state index is 0.261. The smallest absolute Gasteiger partial charge is 0.144 e. The predicted molar refractivity (Wildman–Crippen MR) is 233 cm³/mol. The maximum atomic E-state index is 9.52. The van der Waals surface area contributed by atoms with Gasteiger partial charge in [0.05, 0.1) is 17.1 Å². The Morgan fingerprint density at radius 1 is 0.491 bits per heavy atom. The van der Waals surface area contributed by atoms with Crippen molar-refractivity contribution in [2.75, 3.05) is 0 Å². The molecule has 0 amide bonds. The van der Waals surface area contributed by atoms with Gasteiger partial charge in [-0.2, -0.15) is 0 Å². The van der Waals surface area contributed by atoms with Crippen molar-refractivity contribution in [2.45, 2.75) is 39.5 Å². The molecule has 0 aliphatic carbocycles. The van der Waals surface area contributed by atoms with Crippen LogP contribution < -0.4 is 4.74 Å². The summed E-state index contributed by atoms with van der Waals surface area (Å²) in [5.74, 6) is 3.46. The summed E-state index contributed by atoms with van der Waals surface area (Å²) in [6.07, 6.45) is 7.60. The lowest BCUT2D eigenvalue weighted by atomic mass is 9.92. The zero-order chi connectivity index (χ0) is 39.3. The van der Waals surface area contributed by atoms with Crippen LogP contribution in [-0.2, 0) is 0 Å². The molecule has 0 aliphatic rings. The zero-order valence-electron chi connectivity index (χ0n) is 32.5. The van der Waals surface area contributed by atoms with Gasteiger partial charge >= 0.3 is 0 Å². The van der Waals surface area contributed by atoms with Gasteiger partial charge in [0.1, 0.15) is 23.1 Å². The van der Waals surface area contributed by atoms with Crippen LogP contribution in [0.1, 0.15) is 50.7 Å². The maximum Gasteiger partial charge on any atom is 0.144 e. The van der Waals surface area contributed by atoms with E-state index >= 15 is 0 Å². The number of nitrogens with zero attached hydrogens (tertiary/aromatic N) is 4. The minimum absolute atomic E-state index is 0.261. The minimum Gasteiger partial charge on any atom is -0.508 e. The summed E-state index contributed by atoms with van der Waals surface area (Å²) >= 11 is 0. The van der Waals surface area contributed by atoms with Crippen LogP contribution in [0.15, 0.2) is 176 Å². The first-order chi connectivity index (χ1) is 27.8. The molecule has 0 fully saturated rings. The monoisotopic (exact) mass is 744 g/mol. The summed E-state index contributed by atoms with van der Waals surface area (Å²) in [5, 5.41) is 14.1. The van der Waals surface area contributed by atoms with Crippen molar-refractivity contribution in [3.63, 3.8) is 0 Å². The van der Waals surface area contributed by atoms with Gasteiger partial charge in [0.2, 0.25) is 0 Å². The fourth-order valence-corrected chi connectivity index (χ4v) is 7.38. The maximum absolute atomic E-state index is 9.52. The molecule has 0 spiro atoms. The van der Waals surface area contributed by atoms with Crippen molar-refractivity contribution in [2.24, 2.45) is 0 Å². The van der Waals surface area contributed by atoms with Crippen LogP contribution in [0.2, 0.25) is 0 Å². The Hall–Kier alpha value is -7.05. The highest BCUT2D eigenvalue weighted by molar-refractivity contribution is 5.95. The van der Waals surface area contributed by atoms with Gasteiger partial charge in [-0.05, 0) is 82.3 Å². The molecule has 3 aromatic heterocycles. The molecule has 0 bridgehead atoms. The molecule has 1 N–H and O–H groups in total. The number of hydrogen-bond donors (Lipinski definition) is 1. The van der Waals surface area contributed by atoms with Gasteiger partial charge in [0, 0.05) is 52.3 Å². The zero-order valence-corrected chi connectivity index (χ0v) is 32.5. The molecule has 6 nitrogen and oxygen atoms in total. The van der Waals surface area contributed by atoms with Crippen LogP contribution in [0.25, 0.3) is 61.1 Å². The van der Waals surface area contributed by atoms with Crippen LogP contribution in [0.5, 0.6) is 17.2 Å². The van der Waals surface area contributed by atoms with Crippen LogP contribution in [0, 0.1) is 0 Å². The van der Waals surface area contributed by atoms with Crippen molar-refractivity contribution in [1.82, 2.24) is 19.5 Å². The predicted octanol–water partition coefficient (Wildman–Crippen LogP) is 13.4. The van der Waals surface area contributed by atoms with E-state index in [0.717, 1.165) is 61.6 Å². The topological polar surface area (TPSA) is 73.1 Å². The second-order valence-corrected chi connectivity index (χ2v) is 14.7. The van der Waals surface area contributed by atoms with Gasteiger partial charge in [0.15, 0.2) is 0 Å². The fourth-order valence-electron chi connectivity index (χ4n) is 7.38. The number of aromatic hydroxyl groups is 1. The van der Waals surface area contributed by atoms with Crippen molar-refractivity contribution in [3.8, 4) is 56.8 Å². The van der Waals surface area contributed by atoms with Crippen LogP contribution in [-0.4, -0.2) is 24.6 Å². The van der Waals surface area contributed by atoms with Crippen LogP contribution in [0.3, 0.4) is 0 Å². The summed E-state index contributed by atoms with van der Waals surface area (Å²) in [6.45, 7) is 8.98. The fraction of sp³-hybridized carbons (Fsp3) is 0.118. The van der Waals surface area contributed by atoms with E-state index in [1.54, 1.807) is 18.3 Å².